The molecule has 0 atom stereocenters. The van der Waals surface area contributed by atoms with Gasteiger partial charge in [-0.3, -0.25) is 14.9 Å². The van der Waals surface area contributed by atoms with Gasteiger partial charge in [-0.15, -0.1) is 0 Å². The predicted molar refractivity (Wildman–Crippen MR) is 139 cm³/mol. The molecule has 0 aliphatic heterocycles. The molecule has 4 heterocycles. The number of rotatable bonds is 5. The summed E-state index contributed by atoms with van der Waals surface area (Å²) < 4.78 is 29.7. The zero-order chi connectivity index (χ0) is 25.8. The number of aromatic nitrogens is 6. The molecule has 1 fully saturated rings. The minimum atomic E-state index is -0.465. The summed E-state index contributed by atoms with van der Waals surface area (Å²) >= 11 is 0. The first-order chi connectivity index (χ1) is 18.5. The van der Waals surface area contributed by atoms with Crippen LogP contribution in [-0.2, 0) is 4.79 Å². The lowest BCUT2D eigenvalue weighted by Crippen LogP contribution is -2.13. The molecule has 0 bridgehead atoms. The smallest absolute Gasteiger partial charge is 0.227 e. The second kappa shape index (κ2) is 8.55. The molecule has 0 unspecified atom stereocenters. The van der Waals surface area contributed by atoms with Gasteiger partial charge in [-0.2, -0.15) is 5.10 Å². The van der Waals surface area contributed by atoms with E-state index >= 15 is 4.39 Å². The number of nitrogens with zero attached hydrogens (tertiary/aromatic N) is 4. The van der Waals surface area contributed by atoms with E-state index in [2.05, 4.69) is 30.5 Å². The molecule has 1 amide bonds. The van der Waals surface area contributed by atoms with Crippen molar-refractivity contribution in [2.45, 2.75) is 12.8 Å². The van der Waals surface area contributed by atoms with Gasteiger partial charge in [0.05, 0.1) is 17.4 Å². The van der Waals surface area contributed by atoms with E-state index in [0.29, 0.717) is 61.5 Å². The normalized spacial score (nSPS) is 13.3. The molecule has 1 aliphatic rings. The van der Waals surface area contributed by atoms with Gasteiger partial charge in [-0.05, 0) is 37.1 Å². The molecule has 4 aromatic heterocycles. The van der Waals surface area contributed by atoms with Crippen LogP contribution in [0.4, 0.5) is 14.5 Å². The van der Waals surface area contributed by atoms with E-state index in [4.69, 9.17) is 4.98 Å². The summed E-state index contributed by atoms with van der Waals surface area (Å²) in [6.45, 7) is 0. The van der Waals surface area contributed by atoms with E-state index in [1.807, 2.05) is 0 Å². The van der Waals surface area contributed by atoms with Crippen molar-refractivity contribution >= 4 is 33.7 Å². The molecule has 7 rings (SSSR count). The monoisotopic (exact) mass is 507 g/mol. The first-order valence-corrected chi connectivity index (χ1v) is 12.1. The third-order valence-electron chi connectivity index (χ3n) is 6.69. The lowest BCUT2D eigenvalue weighted by Gasteiger charge is -2.08. The van der Waals surface area contributed by atoms with Crippen LogP contribution in [0, 0.1) is 17.6 Å². The Labute approximate surface area is 214 Å². The van der Waals surface area contributed by atoms with Crippen molar-refractivity contribution in [1.29, 1.82) is 0 Å². The molecule has 3 N–H and O–H groups in total. The number of carbonyl (C=O) groups excluding carboxylic acids is 1. The summed E-state index contributed by atoms with van der Waals surface area (Å²) in [6, 6.07) is 12.9. The zero-order valence-corrected chi connectivity index (χ0v) is 19.8. The van der Waals surface area contributed by atoms with E-state index < -0.39 is 5.82 Å². The highest BCUT2D eigenvalue weighted by molar-refractivity contribution is 5.98. The Hall–Kier alpha value is -4.99. The number of hydrogen-bond donors (Lipinski definition) is 3. The van der Waals surface area contributed by atoms with Crippen molar-refractivity contribution in [3.63, 3.8) is 0 Å². The van der Waals surface area contributed by atoms with E-state index in [0.717, 1.165) is 12.8 Å². The standard InChI is InChI=1S/C28H19F2N7O/c29-21-4-2-1-3-17(21)18-7-8-32-26-24(18)34-27(35-26)25-20-10-19(22(30)11-23(20)36-37-25)15-9-16(13-31-12-15)33-28(38)14-5-6-14/h1-4,7-14H,5-6H2,(H,33,38)(H,36,37)(H,32,34,35). The number of aromatic amines is 2. The maximum absolute atomic E-state index is 15.2. The summed E-state index contributed by atoms with van der Waals surface area (Å²) in [5.41, 5.74) is 4.25. The van der Waals surface area contributed by atoms with Crippen LogP contribution in [0.1, 0.15) is 12.8 Å². The minimum Gasteiger partial charge on any atom is -0.324 e. The molecule has 2 aromatic carbocycles. The topological polar surface area (TPSA) is 112 Å². The Morgan fingerprint density at radius 3 is 2.68 bits per heavy atom. The lowest BCUT2D eigenvalue weighted by atomic mass is 10.0. The number of halogens is 2. The fourth-order valence-corrected chi connectivity index (χ4v) is 4.60. The van der Waals surface area contributed by atoms with Crippen molar-refractivity contribution in [3.8, 4) is 33.8 Å². The Balaban J connectivity index is 1.32. The average molecular weight is 508 g/mol. The number of amides is 1. The Morgan fingerprint density at radius 2 is 1.84 bits per heavy atom. The molecule has 6 aromatic rings. The number of benzene rings is 2. The van der Waals surface area contributed by atoms with Crippen molar-refractivity contribution in [2.24, 2.45) is 5.92 Å². The van der Waals surface area contributed by atoms with Gasteiger partial charge in [-0.1, -0.05) is 18.2 Å². The van der Waals surface area contributed by atoms with Gasteiger partial charge in [0, 0.05) is 52.0 Å². The van der Waals surface area contributed by atoms with Gasteiger partial charge in [0.2, 0.25) is 5.91 Å². The SMILES string of the molecule is O=C(Nc1cncc(-c2cc3c(-c4nc5c(-c6ccccc6F)ccnc5[nH]4)n[nH]c3cc2F)c1)C1CC1. The molecule has 38 heavy (non-hydrogen) atoms. The molecule has 186 valence electrons. The maximum atomic E-state index is 15.2. The van der Waals surface area contributed by atoms with Crippen molar-refractivity contribution in [1.82, 2.24) is 30.1 Å². The van der Waals surface area contributed by atoms with Crippen LogP contribution >= 0.6 is 0 Å². The summed E-state index contributed by atoms with van der Waals surface area (Å²) in [7, 11) is 0. The van der Waals surface area contributed by atoms with Crippen LogP contribution in [-0.4, -0.2) is 36.0 Å². The Kier molecular flexibility index (Phi) is 5.00. The van der Waals surface area contributed by atoms with Crippen LogP contribution in [0.15, 0.2) is 67.1 Å². The van der Waals surface area contributed by atoms with Gasteiger partial charge in [0.15, 0.2) is 11.5 Å². The molecule has 10 heteroatoms. The zero-order valence-electron chi connectivity index (χ0n) is 19.8. The highest BCUT2D eigenvalue weighted by Gasteiger charge is 2.29. The second-order valence-corrected chi connectivity index (χ2v) is 9.30. The third-order valence-corrected chi connectivity index (χ3v) is 6.69. The van der Waals surface area contributed by atoms with Gasteiger partial charge in [0.1, 0.15) is 22.8 Å². The van der Waals surface area contributed by atoms with Gasteiger partial charge >= 0.3 is 0 Å². The Morgan fingerprint density at radius 1 is 0.974 bits per heavy atom. The summed E-state index contributed by atoms with van der Waals surface area (Å²) in [5, 5.41) is 10.7. The van der Waals surface area contributed by atoms with Crippen LogP contribution < -0.4 is 5.32 Å². The van der Waals surface area contributed by atoms with Crippen molar-refractivity contribution < 1.29 is 13.6 Å². The first kappa shape index (κ1) is 22.2. The number of hydrogen-bond acceptors (Lipinski definition) is 5. The van der Waals surface area contributed by atoms with E-state index in [1.54, 1.807) is 48.8 Å². The molecule has 8 nitrogen and oxygen atoms in total. The van der Waals surface area contributed by atoms with Crippen LogP contribution in [0.3, 0.4) is 0 Å². The fourth-order valence-electron chi connectivity index (χ4n) is 4.60. The number of anilines is 1. The number of nitrogens with one attached hydrogen (secondary N) is 3. The van der Waals surface area contributed by atoms with E-state index in [9.17, 15) is 9.18 Å². The highest BCUT2D eigenvalue weighted by atomic mass is 19.1. The third kappa shape index (κ3) is 3.78. The predicted octanol–water partition coefficient (Wildman–Crippen LogP) is 5.86. The molecule has 1 saturated carbocycles. The molecule has 0 radical (unpaired) electrons. The fraction of sp³-hybridized carbons (Fsp3) is 0.107. The van der Waals surface area contributed by atoms with E-state index in [1.165, 1.54) is 18.3 Å². The molecular weight excluding hydrogens is 488 g/mol. The number of carbonyl (C=O) groups is 1. The van der Waals surface area contributed by atoms with Gasteiger partial charge < -0.3 is 10.3 Å². The molecule has 0 spiro atoms. The van der Waals surface area contributed by atoms with Gasteiger partial charge in [0.25, 0.3) is 0 Å². The minimum absolute atomic E-state index is 0.0393. The second-order valence-electron chi connectivity index (χ2n) is 9.30. The first-order valence-electron chi connectivity index (χ1n) is 12.1. The summed E-state index contributed by atoms with van der Waals surface area (Å²) in [5.74, 6) is -0.432. The largest absolute Gasteiger partial charge is 0.324 e. The van der Waals surface area contributed by atoms with Crippen molar-refractivity contribution in [3.05, 3.63) is 78.8 Å². The van der Waals surface area contributed by atoms with Crippen molar-refractivity contribution in [2.75, 3.05) is 5.32 Å². The molecule has 1 aliphatic carbocycles. The number of imidazole rings is 1. The molecule has 0 saturated heterocycles. The van der Waals surface area contributed by atoms with Crippen LogP contribution in [0.5, 0.6) is 0 Å². The highest BCUT2D eigenvalue weighted by Crippen LogP contribution is 2.35. The Bertz CT molecular complexity index is 1870. The lowest BCUT2D eigenvalue weighted by molar-refractivity contribution is -0.117. The molecular formula is C28H19F2N7O. The maximum Gasteiger partial charge on any atom is 0.227 e. The van der Waals surface area contributed by atoms with E-state index in [-0.39, 0.29) is 17.6 Å². The van der Waals surface area contributed by atoms with Crippen LogP contribution in [0.25, 0.3) is 55.8 Å². The number of pyridine rings is 2. The quantitative estimate of drug-likeness (QED) is 0.271. The summed E-state index contributed by atoms with van der Waals surface area (Å²) in [4.78, 5) is 28.6. The van der Waals surface area contributed by atoms with Gasteiger partial charge in [-0.25, -0.2) is 18.7 Å². The van der Waals surface area contributed by atoms with Crippen LogP contribution in [0.2, 0.25) is 0 Å². The average Bonchev–Trinajstić information content (AvgIpc) is 3.56. The number of fused-ring (bicyclic) bond motifs is 2. The number of H-pyrrole nitrogens is 2. The summed E-state index contributed by atoms with van der Waals surface area (Å²) in [6.07, 6.45) is 6.43.